The van der Waals surface area contributed by atoms with E-state index in [1.807, 2.05) is 25.1 Å². The second-order valence-electron chi connectivity index (χ2n) is 8.27. The van der Waals surface area contributed by atoms with Gasteiger partial charge in [0.15, 0.2) is 5.13 Å². The van der Waals surface area contributed by atoms with Gasteiger partial charge in [-0.25, -0.2) is 13.4 Å². The number of carbonyl (C=O) groups is 1. The Morgan fingerprint density at radius 2 is 1.78 bits per heavy atom. The molecule has 1 N–H and O–H groups in total. The third kappa shape index (κ3) is 5.20. The quantitative estimate of drug-likeness (QED) is 0.268. The van der Waals surface area contributed by atoms with Gasteiger partial charge in [0.2, 0.25) is 0 Å². The molecule has 37 heavy (non-hydrogen) atoms. The van der Waals surface area contributed by atoms with Crippen molar-refractivity contribution < 1.29 is 22.4 Å². The van der Waals surface area contributed by atoms with Crippen molar-refractivity contribution in [2.24, 2.45) is 0 Å². The Balaban J connectivity index is 1.43. The Kier molecular flexibility index (Phi) is 6.68. The molecule has 188 valence electrons. The van der Waals surface area contributed by atoms with Crippen molar-refractivity contribution in [2.75, 3.05) is 16.7 Å². The standard InChI is InChI=1S/C27H23N3O5S2/c1-18-8-14-22(15-9-18)37(32,33)29-20-12-10-19(11-13-20)26(31)30(17-21-5-4-16-35-21)27-28-25-23(34-2)6-3-7-24(25)36-27/h3-16,29H,17H2,1-2H3. The molecule has 0 atom stereocenters. The van der Waals surface area contributed by atoms with Crippen LogP contribution in [0.3, 0.4) is 0 Å². The molecule has 1 amide bonds. The average molecular weight is 534 g/mol. The summed E-state index contributed by atoms with van der Waals surface area (Å²) in [5.74, 6) is 0.917. The molecule has 0 bridgehead atoms. The number of nitrogens with zero attached hydrogens (tertiary/aromatic N) is 2. The van der Waals surface area contributed by atoms with Crippen molar-refractivity contribution in [3.05, 3.63) is 102 Å². The lowest BCUT2D eigenvalue weighted by Crippen LogP contribution is -2.30. The Labute approximate surface area is 218 Å². The van der Waals surface area contributed by atoms with Crippen molar-refractivity contribution in [3.63, 3.8) is 0 Å². The van der Waals surface area contributed by atoms with E-state index in [0.29, 0.717) is 33.4 Å². The van der Waals surface area contributed by atoms with Crippen molar-refractivity contribution in [1.82, 2.24) is 4.98 Å². The smallest absolute Gasteiger partial charge is 0.261 e. The molecule has 0 saturated carbocycles. The second-order valence-corrected chi connectivity index (χ2v) is 11.0. The summed E-state index contributed by atoms with van der Waals surface area (Å²) in [7, 11) is -2.18. The Bertz CT molecular complexity index is 1640. The van der Waals surface area contributed by atoms with Gasteiger partial charge in [0, 0.05) is 11.3 Å². The number of thiazole rings is 1. The Morgan fingerprint density at radius 3 is 2.46 bits per heavy atom. The number of aryl methyl sites for hydroxylation is 1. The zero-order valence-electron chi connectivity index (χ0n) is 20.0. The first-order valence-corrected chi connectivity index (χ1v) is 13.6. The van der Waals surface area contributed by atoms with Crippen LogP contribution in [0.4, 0.5) is 10.8 Å². The van der Waals surface area contributed by atoms with Gasteiger partial charge in [0.05, 0.1) is 29.5 Å². The van der Waals surface area contributed by atoms with Crippen LogP contribution in [0, 0.1) is 6.92 Å². The van der Waals surface area contributed by atoms with Crippen molar-refractivity contribution in [1.29, 1.82) is 0 Å². The van der Waals surface area contributed by atoms with E-state index in [0.717, 1.165) is 10.3 Å². The van der Waals surface area contributed by atoms with Gasteiger partial charge in [-0.05, 0) is 67.6 Å². The third-order valence-electron chi connectivity index (χ3n) is 5.68. The molecule has 0 radical (unpaired) electrons. The van der Waals surface area contributed by atoms with Crippen molar-refractivity contribution in [2.45, 2.75) is 18.4 Å². The molecule has 5 aromatic rings. The maximum atomic E-state index is 13.6. The predicted molar refractivity (Wildman–Crippen MR) is 144 cm³/mol. The summed E-state index contributed by atoms with van der Waals surface area (Å²) in [6.07, 6.45) is 1.55. The molecule has 5 rings (SSSR count). The van der Waals surface area contributed by atoms with Crippen LogP contribution >= 0.6 is 11.3 Å². The van der Waals surface area contributed by atoms with E-state index in [1.165, 1.54) is 16.2 Å². The number of hydrogen-bond donors (Lipinski definition) is 1. The van der Waals surface area contributed by atoms with E-state index in [4.69, 9.17) is 9.15 Å². The van der Waals surface area contributed by atoms with Gasteiger partial charge < -0.3 is 9.15 Å². The minimum absolute atomic E-state index is 0.161. The number of aromatic nitrogens is 1. The number of benzene rings is 3. The highest BCUT2D eigenvalue weighted by atomic mass is 32.2. The maximum Gasteiger partial charge on any atom is 0.261 e. The molecule has 3 aromatic carbocycles. The molecular weight excluding hydrogens is 510 g/mol. The largest absolute Gasteiger partial charge is 0.494 e. The lowest BCUT2D eigenvalue weighted by molar-refractivity contribution is 0.0983. The third-order valence-corrected chi connectivity index (χ3v) is 8.12. The van der Waals surface area contributed by atoms with Crippen LogP contribution in [0.1, 0.15) is 21.7 Å². The number of ether oxygens (including phenoxy) is 1. The molecule has 8 nitrogen and oxygen atoms in total. The van der Waals surface area contributed by atoms with Gasteiger partial charge in [-0.3, -0.25) is 14.4 Å². The molecule has 10 heteroatoms. The lowest BCUT2D eigenvalue weighted by atomic mass is 10.2. The first kappa shape index (κ1) is 24.5. The van der Waals surface area contributed by atoms with Crippen molar-refractivity contribution >= 4 is 48.3 Å². The van der Waals surface area contributed by atoms with Crippen LogP contribution in [0.2, 0.25) is 0 Å². The van der Waals surface area contributed by atoms with Gasteiger partial charge in [-0.15, -0.1) is 0 Å². The molecule has 0 aliphatic rings. The summed E-state index contributed by atoms with van der Waals surface area (Å²) in [6, 6.07) is 22.0. The van der Waals surface area contributed by atoms with Crippen molar-refractivity contribution in [3.8, 4) is 5.75 Å². The summed E-state index contributed by atoms with van der Waals surface area (Å²) in [5.41, 5.74) is 2.35. The number of furan rings is 1. The molecule has 0 aliphatic carbocycles. The zero-order chi connectivity index (χ0) is 26.0. The summed E-state index contributed by atoms with van der Waals surface area (Å²) in [6.45, 7) is 2.06. The number of carbonyl (C=O) groups excluding carboxylic acids is 1. The number of rotatable bonds is 8. The number of methoxy groups -OCH3 is 1. The van der Waals surface area contributed by atoms with E-state index < -0.39 is 10.0 Å². The molecule has 2 aromatic heterocycles. The second kappa shape index (κ2) is 10.1. The highest BCUT2D eigenvalue weighted by molar-refractivity contribution is 7.92. The normalized spacial score (nSPS) is 11.4. The van der Waals surface area contributed by atoms with Crippen LogP contribution < -0.4 is 14.4 Å². The van der Waals surface area contributed by atoms with E-state index in [-0.39, 0.29) is 17.3 Å². The van der Waals surface area contributed by atoms with E-state index >= 15 is 0 Å². The number of anilines is 2. The highest BCUT2D eigenvalue weighted by Gasteiger charge is 2.24. The number of para-hydroxylation sites is 1. The number of fused-ring (bicyclic) bond motifs is 1. The zero-order valence-corrected chi connectivity index (χ0v) is 21.7. The van der Waals surface area contributed by atoms with E-state index in [2.05, 4.69) is 9.71 Å². The fourth-order valence-electron chi connectivity index (χ4n) is 3.74. The minimum atomic E-state index is -3.76. The van der Waals surface area contributed by atoms with E-state index in [1.54, 1.807) is 74.0 Å². The monoisotopic (exact) mass is 533 g/mol. The fourth-order valence-corrected chi connectivity index (χ4v) is 5.78. The van der Waals surface area contributed by atoms with E-state index in [9.17, 15) is 13.2 Å². The van der Waals surface area contributed by atoms with Gasteiger partial charge in [-0.2, -0.15) is 0 Å². The molecule has 0 spiro atoms. The summed E-state index contributed by atoms with van der Waals surface area (Å²) >= 11 is 1.37. The topological polar surface area (TPSA) is 102 Å². The molecule has 0 saturated heterocycles. The molecule has 0 fully saturated rings. The van der Waals surface area contributed by atoms with Crippen LogP contribution in [0.25, 0.3) is 10.2 Å². The van der Waals surface area contributed by atoms with Gasteiger partial charge in [0.25, 0.3) is 15.9 Å². The maximum absolute atomic E-state index is 13.6. The molecule has 2 heterocycles. The van der Waals surface area contributed by atoms with Crippen LogP contribution in [-0.2, 0) is 16.6 Å². The van der Waals surface area contributed by atoms with Gasteiger partial charge in [-0.1, -0.05) is 35.1 Å². The predicted octanol–water partition coefficient (Wildman–Crippen LogP) is 5.85. The van der Waals surface area contributed by atoms with Crippen LogP contribution in [0.5, 0.6) is 5.75 Å². The Hall–Kier alpha value is -4.15. The minimum Gasteiger partial charge on any atom is -0.494 e. The van der Waals surface area contributed by atoms with Crippen LogP contribution in [-0.4, -0.2) is 26.4 Å². The Morgan fingerprint density at radius 1 is 1.03 bits per heavy atom. The first-order valence-electron chi connectivity index (χ1n) is 11.3. The SMILES string of the molecule is COc1cccc2sc(N(Cc3ccco3)C(=O)c3ccc(NS(=O)(=O)c4ccc(C)cc4)cc3)nc12. The fraction of sp³-hybridized carbons (Fsp3) is 0.111. The summed E-state index contributed by atoms with van der Waals surface area (Å²) in [4.78, 5) is 20.0. The first-order chi connectivity index (χ1) is 17.8. The lowest BCUT2D eigenvalue weighted by Gasteiger charge is -2.19. The summed E-state index contributed by atoms with van der Waals surface area (Å²) < 4.78 is 39.8. The molecular formula is C27H23N3O5S2. The average Bonchev–Trinajstić information content (AvgIpc) is 3.57. The van der Waals surface area contributed by atoms with Gasteiger partial charge >= 0.3 is 0 Å². The van der Waals surface area contributed by atoms with Crippen LogP contribution in [0.15, 0.2) is 94.4 Å². The molecule has 0 aliphatic heterocycles. The highest BCUT2D eigenvalue weighted by Crippen LogP contribution is 2.35. The number of nitrogens with one attached hydrogen (secondary N) is 1. The molecule has 0 unspecified atom stereocenters. The summed E-state index contributed by atoms with van der Waals surface area (Å²) in [5, 5.41) is 0.491. The number of hydrogen-bond acceptors (Lipinski definition) is 7. The number of amides is 1. The number of sulfonamides is 1. The van der Waals surface area contributed by atoms with Gasteiger partial charge in [0.1, 0.15) is 17.0 Å².